The number of carbonyl (C=O) groups is 1. The smallest absolute Gasteiger partial charge is 0.248 e. The predicted molar refractivity (Wildman–Crippen MR) is 115 cm³/mol. The van der Waals surface area contributed by atoms with E-state index < -0.39 is 0 Å². The first-order chi connectivity index (χ1) is 13.6. The molecule has 0 aliphatic heterocycles. The Morgan fingerprint density at radius 1 is 0.964 bits per heavy atom. The lowest BCUT2D eigenvalue weighted by Gasteiger charge is -2.57. The zero-order valence-electron chi connectivity index (χ0n) is 16.7. The maximum atomic E-state index is 12.5. The van der Waals surface area contributed by atoms with Crippen molar-refractivity contribution in [1.29, 1.82) is 0 Å². The number of carbonyl (C=O) groups excluding carboxylic acids is 1. The highest BCUT2D eigenvalue weighted by atomic mass is 16.1. The van der Waals surface area contributed by atoms with E-state index in [1.54, 1.807) is 6.08 Å². The number of hydrogen-bond donors (Lipinski definition) is 1. The first kappa shape index (κ1) is 17.7. The summed E-state index contributed by atoms with van der Waals surface area (Å²) < 4.78 is 0. The molecule has 144 valence electrons. The van der Waals surface area contributed by atoms with Gasteiger partial charge in [-0.2, -0.15) is 0 Å². The van der Waals surface area contributed by atoms with Gasteiger partial charge in [-0.05, 0) is 97.5 Å². The van der Waals surface area contributed by atoms with Gasteiger partial charge in [-0.3, -0.25) is 4.79 Å². The minimum Gasteiger partial charge on any atom is -0.322 e. The lowest BCUT2D eigenvalue weighted by Crippen LogP contribution is -2.48. The van der Waals surface area contributed by atoms with Crippen LogP contribution in [0, 0.1) is 24.7 Å². The maximum Gasteiger partial charge on any atom is 0.248 e. The number of rotatable bonds is 4. The number of hydrogen-bond acceptors (Lipinski definition) is 1. The molecule has 4 saturated carbocycles. The minimum atomic E-state index is -0.0605. The van der Waals surface area contributed by atoms with Gasteiger partial charge >= 0.3 is 0 Å². The van der Waals surface area contributed by atoms with Crippen molar-refractivity contribution >= 4 is 17.7 Å². The molecule has 2 heteroatoms. The summed E-state index contributed by atoms with van der Waals surface area (Å²) in [7, 11) is 0. The predicted octanol–water partition coefficient (Wildman–Crippen LogP) is 6.11. The Hall–Kier alpha value is -2.35. The summed E-state index contributed by atoms with van der Waals surface area (Å²) in [5.74, 6) is 2.73. The number of benzene rings is 2. The third-order valence-electron chi connectivity index (χ3n) is 7.37. The largest absolute Gasteiger partial charge is 0.322 e. The molecule has 0 aromatic heterocycles. The van der Waals surface area contributed by atoms with Gasteiger partial charge in [-0.25, -0.2) is 0 Å². The molecule has 6 rings (SSSR count). The molecule has 4 aliphatic rings. The van der Waals surface area contributed by atoms with Gasteiger partial charge in [0.05, 0.1) is 0 Å². The lowest BCUT2D eigenvalue weighted by molar-refractivity contribution is -0.111. The summed E-state index contributed by atoms with van der Waals surface area (Å²) in [6.45, 7) is 2.08. The van der Waals surface area contributed by atoms with Gasteiger partial charge in [-0.1, -0.05) is 42.5 Å². The highest BCUT2D eigenvalue weighted by Crippen LogP contribution is 2.60. The fourth-order valence-electron chi connectivity index (χ4n) is 6.46. The normalized spacial score (nSPS) is 30.7. The monoisotopic (exact) mass is 371 g/mol. The van der Waals surface area contributed by atoms with Gasteiger partial charge in [-0.15, -0.1) is 0 Å². The third kappa shape index (κ3) is 3.30. The first-order valence-corrected chi connectivity index (χ1v) is 10.7. The fraction of sp³-hybridized carbons (Fsp3) is 0.423. The van der Waals surface area contributed by atoms with Gasteiger partial charge in [0.25, 0.3) is 0 Å². The van der Waals surface area contributed by atoms with Crippen molar-refractivity contribution in [3.05, 3.63) is 71.3 Å². The van der Waals surface area contributed by atoms with Crippen molar-refractivity contribution in [2.75, 3.05) is 5.32 Å². The molecule has 0 saturated heterocycles. The van der Waals surface area contributed by atoms with E-state index in [1.807, 2.05) is 36.4 Å². The quantitative estimate of drug-likeness (QED) is 0.645. The molecule has 1 amide bonds. The van der Waals surface area contributed by atoms with E-state index >= 15 is 0 Å². The van der Waals surface area contributed by atoms with Crippen LogP contribution in [0.1, 0.15) is 55.2 Å². The fourth-order valence-corrected chi connectivity index (χ4v) is 6.46. The van der Waals surface area contributed by atoms with Crippen LogP contribution < -0.4 is 5.32 Å². The maximum absolute atomic E-state index is 12.5. The van der Waals surface area contributed by atoms with Crippen LogP contribution in [-0.4, -0.2) is 5.91 Å². The Labute approximate surface area is 168 Å². The molecular formula is C26H29NO. The summed E-state index contributed by atoms with van der Waals surface area (Å²) in [4.78, 5) is 12.5. The van der Waals surface area contributed by atoms with Crippen molar-refractivity contribution in [3.63, 3.8) is 0 Å². The van der Waals surface area contributed by atoms with Crippen molar-refractivity contribution < 1.29 is 4.79 Å². The van der Waals surface area contributed by atoms with Crippen LogP contribution in [0.4, 0.5) is 5.69 Å². The van der Waals surface area contributed by atoms with Crippen molar-refractivity contribution in [2.45, 2.75) is 50.9 Å². The Morgan fingerprint density at radius 3 is 2.25 bits per heavy atom. The molecular weight excluding hydrogens is 342 g/mol. The van der Waals surface area contributed by atoms with Crippen LogP contribution in [0.3, 0.4) is 0 Å². The van der Waals surface area contributed by atoms with Gasteiger partial charge in [0.1, 0.15) is 0 Å². The van der Waals surface area contributed by atoms with Crippen LogP contribution in [0.25, 0.3) is 6.08 Å². The first-order valence-electron chi connectivity index (χ1n) is 10.7. The summed E-state index contributed by atoms with van der Waals surface area (Å²) in [5, 5.41) is 3.13. The summed E-state index contributed by atoms with van der Waals surface area (Å²) in [5.41, 5.74) is 4.96. The summed E-state index contributed by atoms with van der Waals surface area (Å²) in [6.07, 6.45) is 11.9. The molecule has 4 aliphatic carbocycles. The summed E-state index contributed by atoms with van der Waals surface area (Å²) >= 11 is 0. The van der Waals surface area contributed by atoms with E-state index in [0.717, 1.165) is 34.6 Å². The van der Waals surface area contributed by atoms with E-state index in [1.165, 1.54) is 44.1 Å². The van der Waals surface area contributed by atoms with Crippen molar-refractivity contribution in [2.24, 2.45) is 17.8 Å². The number of amides is 1. The van der Waals surface area contributed by atoms with Crippen LogP contribution in [0.5, 0.6) is 0 Å². The number of nitrogens with one attached hydrogen (secondary N) is 1. The molecule has 2 aromatic carbocycles. The molecule has 1 N–H and O–H groups in total. The van der Waals surface area contributed by atoms with Crippen LogP contribution in [-0.2, 0) is 10.2 Å². The highest BCUT2D eigenvalue weighted by Gasteiger charge is 2.51. The summed E-state index contributed by atoms with van der Waals surface area (Å²) in [6, 6.07) is 16.8. The van der Waals surface area contributed by atoms with E-state index in [4.69, 9.17) is 0 Å². The Morgan fingerprint density at radius 2 is 1.61 bits per heavy atom. The van der Waals surface area contributed by atoms with Crippen LogP contribution >= 0.6 is 0 Å². The lowest BCUT2D eigenvalue weighted by atomic mass is 9.48. The molecule has 4 bridgehead atoms. The average Bonchev–Trinajstić information content (AvgIpc) is 2.68. The zero-order chi connectivity index (χ0) is 19.1. The highest BCUT2D eigenvalue weighted by molar-refractivity contribution is 6.02. The Bertz CT molecular complexity index is 876. The average molecular weight is 372 g/mol. The molecule has 0 unspecified atom stereocenters. The van der Waals surface area contributed by atoms with E-state index in [9.17, 15) is 4.79 Å². The molecule has 2 nitrogen and oxygen atoms in total. The van der Waals surface area contributed by atoms with Gasteiger partial charge < -0.3 is 5.32 Å². The van der Waals surface area contributed by atoms with Crippen LogP contribution in [0.2, 0.25) is 0 Å². The van der Waals surface area contributed by atoms with E-state index in [2.05, 4.69) is 30.4 Å². The zero-order valence-corrected chi connectivity index (χ0v) is 16.7. The second-order valence-corrected chi connectivity index (χ2v) is 9.46. The molecule has 0 heterocycles. The standard InChI is InChI=1S/C26H29NO/c1-18-7-9-23(26-15-20-11-21(16-26)13-22(12-20)17-26)14-24(18)27-25(28)10-8-19-5-3-2-4-6-19/h2-10,14,20-22H,11-13,15-17H2,1H3,(H,27,28)/b10-8-. The van der Waals surface area contributed by atoms with Gasteiger partial charge in [0.2, 0.25) is 5.91 Å². The Kier molecular flexibility index (Phi) is 4.38. The van der Waals surface area contributed by atoms with Gasteiger partial charge in [0.15, 0.2) is 0 Å². The molecule has 4 fully saturated rings. The number of anilines is 1. The molecule has 2 aromatic rings. The molecule has 0 radical (unpaired) electrons. The van der Waals surface area contributed by atoms with Crippen LogP contribution in [0.15, 0.2) is 54.6 Å². The molecule has 0 atom stereocenters. The SMILES string of the molecule is Cc1ccc(C23CC4CC(CC(C4)C2)C3)cc1NC(=O)/C=C\c1ccccc1. The third-order valence-corrected chi connectivity index (χ3v) is 7.37. The molecule has 28 heavy (non-hydrogen) atoms. The number of aryl methyl sites for hydroxylation is 1. The van der Waals surface area contributed by atoms with Gasteiger partial charge in [0, 0.05) is 11.8 Å². The second kappa shape index (κ2) is 6.92. The van der Waals surface area contributed by atoms with Crippen molar-refractivity contribution in [3.8, 4) is 0 Å². The topological polar surface area (TPSA) is 29.1 Å². The van der Waals surface area contributed by atoms with E-state index in [0.29, 0.717) is 5.41 Å². The van der Waals surface area contributed by atoms with Crippen molar-refractivity contribution in [1.82, 2.24) is 0 Å². The van der Waals surface area contributed by atoms with E-state index in [-0.39, 0.29) is 5.91 Å². The Balaban J connectivity index is 1.36. The second-order valence-electron chi connectivity index (χ2n) is 9.46. The minimum absolute atomic E-state index is 0.0605. The molecule has 0 spiro atoms.